The Labute approximate surface area is 266 Å². The fourth-order valence-electron chi connectivity index (χ4n) is 4.41. The van der Waals surface area contributed by atoms with E-state index >= 15 is 0 Å². The summed E-state index contributed by atoms with van der Waals surface area (Å²) in [6.45, 7) is 1.64. The highest BCUT2D eigenvalue weighted by atomic mass is 127. The van der Waals surface area contributed by atoms with Crippen LogP contribution in [0, 0.1) is 0 Å². The van der Waals surface area contributed by atoms with Gasteiger partial charge in [-0.3, -0.25) is 9.59 Å². The average Bonchev–Trinajstić information content (AvgIpc) is 3.00. The lowest BCUT2D eigenvalue weighted by Gasteiger charge is -2.22. The summed E-state index contributed by atoms with van der Waals surface area (Å²) in [6.07, 6.45) is -0.00308. The van der Waals surface area contributed by atoms with E-state index in [2.05, 4.69) is 15.6 Å². The largest absolute Gasteiger partial charge is 0.489 e. The second kappa shape index (κ2) is 16.2. The molecule has 13 nitrogen and oxygen atoms in total. The maximum atomic E-state index is 13.5. The van der Waals surface area contributed by atoms with Gasteiger partial charge in [0.1, 0.15) is 12.4 Å². The Bertz CT molecular complexity index is 1540. The molecule has 0 aromatic heterocycles. The van der Waals surface area contributed by atoms with Crippen molar-refractivity contribution in [3.63, 3.8) is 0 Å². The number of carboxylic acids is 1. The molecule has 5 rings (SSSR count). The van der Waals surface area contributed by atoms with E-state index in [9.17, 15) is 18.0 Å². The SMILES string of the molecule is CNCc1cccc2c1OCCOCCOCCN(CCCC(=O)O)S(=O)(=O)c1ccc(cc1)C1=NC(=C(N)I=C1)C(=O)N2. The number of sulfonamides is 1. The average molecular weight is 742 g/mol. The summed E-state index contributed by atoms with van der Waals surface area (Å²) < 4.78 is 47.8. The zero-order valence-electron chi connectivity index (χ0n) is 24.3. The standard InChI is InChI=1S/C29H36IN5O8S/c1-32-19-21-4-2-5-23-27(21)43-17-16-42-15-14-41-13-12-35(11-3-6-25(36)37)44(39,40)22-9-7-20(8-10-22)24-18-30-28(31)26(33-24)29(38)34-23/h2,4-5,7-10,18,32H,3,6,11-17,19,31H2,1H3,(H,34,38)(H,36,37). The molecule has 0 spiro atoms. The first-order valence-electron chi connectivity index (χ1n) is 13.9. The minimum atomic E-state index is -3.95. The number of carboxylic acid groups (broad SMARTS) is 1. The molecule has 0 radical (unpaired) electrons. The van der Waals surface area contributed by atoms with Gasteiger partial charge in [-0.2, -0.15) is 4.31 Å². The summed E-state index contributed by atoms with van der Waals surface area (Å²) in [5.41, 5.74) is 8.82. The van der Waals surface area contributed by atoms with E-state index in [4.69, 9.17) is 25.1 Å². The number of anilines is 1. The minimum Gasteiger partial charge on any atom is -0.489 e. The molecule has 238 valence electrons. The van der Waals surface area contributed by atoms with Crippen molar-refractivity contribution < 1.29 is 37.3 Å². The van der Waals surface area contributed by atoms with Gasteiger partial charge in [-0.05, 0) is 35.7 Å². The highest BCUT2D eigenvalue weighted by Crippen LogP contribution is 2.31. The number of fused-ring (bicyclic) bond motifs is 13. The number of nitrogens with zero attached hydrogens (tertiary/aromatic N) is 2. The van der Waals surface area contributed by atoms with E-state index in [0.29, 0.717) is 33.0 Å². The van der Waals surface area contributed by atoms with Crippen molar-refractivity contribution in [3.8, 4) is 5.75 Å². The third-order valence-electron chi connectivity index (χ3n) is 6.58. The first-order valence-corrected chi connectivity index (χ1v) is 17.7. The van der Waals surface area contributed by atoms with Gasteiger partial charge in [0.2, 0.25) is 10.0 Å². The third-order valence-corrected chi connectivity index (χ3v) is 10.6. The molecule has 0 saturated carbocycles. The van der Waals surface area contributed by atoms with Crippen molar-refractivity contribution in [2.45, 2.75) is 24.3 Å². The number of amides is 1. The first kappa shape index (κ1) is 33.7. The van der Waals surface area contributed by atoms with Crippen molar-refractivity contribution in [2.24, 2.45) is 10.7 Å². The van der Waals surface area contributed by atoms with Crippen LogP contribution >= 0.6 is 20.7 Å². The third kappa shape index (κ3) is 8.92. The Balaban J connectivity index is 1.65. The topological polar surface area (TPSA) is 182 Å². The normalized spacial score (nSPS) is 18.5. The quantitative estimate of drug-likeness (QED) is 0.194. The number of hydrogen-bond acceptors (Lipinski definition) is 10. The lowest BCUT2D eigenvalue weighted by molar-refractivity contribution is -0.137. The van der Waals surface area contributed by atoms with Crippen LogP contribution in [0.4, 0.5) is 5.69 Å². The number of nitrogens with two attached hydrogens (primary N) is 1. The van der Waals surface area contributed by atoms with Crippen molar-refractivity contribution in [2.75, 3.05) is 58.5 Å². The Morgan fingerprint density at radius 2 is 1.84 bits per heavy atom. The number of ether oxygens (including phenoxy) is 3. The molecule has 0 atom stereocenters. The van der Waals surface area contributed by atoms with Gasteiger partial charge in [0, 0.05) is 37.2 Å². The number of carbonyl (C=O) groups is 2. The van der Waals surface area contributed by atoms with Crippen LogP contribution in [0.5, 0.6) is 5.75 Å². The Morgan fingerprint density at radius 3 is 2.57 bits per heavy atom. The molecule has 3 heterocycles. The molecule has 3 aliphatic heterocycles. The van der Waals surface area contributed by atoms with Gasteiger partial charge < -0.3 is 35.7 Å². The molecular formula is C29H36IN5O8S. The van der Waals surface area contributed by atoms with E-state index in [0.717, 1.165) is 5.56 Å². The fourth-order valence-corrected chi connectivity index (χ4v) is 7.66. The molecule has 3 aliphatic rings. The van der Waals surface area contributed by atoms with Crippen LogP contribution in [0.3, 0.4) is 0 Å². The van der Waals surface area contributed by atoms with Gasteiger partial charge in [-0.1, -0.05) is 45.0 Å². The molecule has 0 saturated heterocycles. The molecule has 15 heteroatoms. The second-order valence-electron chi connectivity index (χ2n) is 9.69. The maximum absolute atomic E-state index is 13.5. The number of para-hydroxylation sites is 1. The van der Waals surface area contributed by atoms with Gasteiger partial charge >= 0.3 is 5.97 Å². The zero-order chi connectivity index (χ0) is 31.5. The molecule has 0 fully saturated rings. The molecule has 5 N–H and O–H groups in total. The summed E-state index contributed by atoms with van der Waals surface area (Å²) in [5, 5.41) is 15.0. The highest BCUT2D eigenvalue weighted by molar-refractivity contribution is 14.2. The van der Waals surface area contributed by atoms with Crippen LogP contribution in [0.1, 0.15) is 24.0 Å². The van der Waals surface area contributed by atoms with Crippen molar-refractivity contribution >= 4 is 58.0 Å². The van der Waals surface area contributed by atoms with Crippen LogP contribution in [-0.2, 0) is 35.6 Å². The molecular weight excluding hydrogens is 705 g/mol. The van der Waals surface area contributed by atoms with E-state index in [1.165, 1.54) is 16.4 Å². The van der Waals surface area contributed by atoms with Crippen LogP contribution in [0.25, 0.3) is 0 Å². The maximum Gasteiger partial charge on any atom is 0.303 e. The van der Waals surface area contributed by atoms with E-state index in [-0.39, 0.29) is 69.6 Å². The number of aliphatic imine (C=N–C) groups is 1. The molecule has 44 heavy (non-hydrogen) atoms. The molecule has 1 amide bonds. The van der Waals surface area contributed by atoms with Crippen LogP contribution < -0.4 is 21.1 Å². The number of aliphatic carboxylic acids is 1. The van der Waals surface area contributed by atoms with Gasteiger partial charge in [0.25, 0.3) is 5.91 Å². The fraction of sp³-hybridized carbons (Fsp3) is 0.379. The number of halogens is 1. The molecule has 2 aromatic carbocycles. The Hall–Kier alpha value is -3.22. The van der Waals surface area contributed by atoms with Gasteiger partial charge in [0.05, 0.1) is 46.4 Å². The molecule has 0 aliphatic carbocycles. The predicted octanol–water partition coefficient (Wildman–Crippen LogP) is 2.03. The smallest absolute Gasteiger partial charge is 0.303 e. The second-order valence-corrected chi connectivity index (χ2v) is 14.0. The highest BCUT2D eigenvalue weighted by Gasteiger charge is 2.25. The molecule has 0 unspecified atom stereocenters. The van der Waals surface area contributed by atoms with Gasteiger partial charge in [-0.15, -0.1) is 0 Å². The Morgan fingerprint density at radius 1 is 1.11 bits per heavy atom. The summed E-state index contributed by atoms with van der Waals surface area (Å²) >= 11 is -0.857. The summed E-state index contributed by atoms with van der Waals surface area (Å²) in [7, 11) is -2.13. The predicted molar refractivity (Wildman–Crippen MR) is 175 cm³/mol. The van der Waals surface area contributed by atoms with E-state index < -0.39 is 42.6 Å². The van der Waals surface area contributed by atoms with Gasteiger partial charge in [-0.25, -0.2) is 13.4 Å². The lowest BCUT2D eigenvalue weighted by atomic mass is 10.1. The first-order chi connectivity index (χ1) is 21.2. The Kier molecular flexibility index (Phi) is 12.4. The van der Waals surface area contributed by atoms with Crippen LogP contribution in [-0.4, -0.2) is 92.6 Å². The van der Waals surface area contributed by atoms with E-state index in [1.807, 2.05) is 23.2 Å². The van der Waals surface area contributed by atoms with Crippen LogP contribution in [0.15, 0.2) is 61.8 Å². The van der Waals surface area contributed by atoms with E-state index in [1.54, 1.807) is 18.2 Å². The summed E-state index contributed by atoms with van der Waals surface area (Å²) in [6, 6.07) is 11.7. The molecule has 2 aromatic rings. The van der Waals surface area contributed by atoms with Gasteiger partial charge in [0.15, 0.2) is 5.70 Å². The summed E-state index contributed by atoms with van der Waals surface area (Å²) in [5.74, 6) is -0.969. The van der Waals surface area contributed by atoms with Crippen molar-refractivity contribution in [1.82, 2.24) is 9.62 Å². The monoisotopic (exact) mass is 741 g/mol. The lowest BCUT2D eigenvalue weighted by Crippen LogP contribution is -2.35. The number of benzene rings is 2. The molecule has 4 bridgehead atoms. The summed E-state index contributed by atoms with van der Waals surface area (Å²) in [4.78, 5) is 29.1. The number of carbonyl (C=O) groups excluding carboxylic acids is 1. The number of hydrogen-bond donors (Lipinski definition) is 4. The van der Waals surface area contributed by atoms with Crippen molar-refractivity contribution in [1.29, 1.82) is 0 Å². The number of nitrogens with one attached hydrogen (secondary N) is 2. The van der Waals surface area contributed by atoms with Crippen molar-refractivity contribution in [3.05, 3.63) is 63.0 Å². The number of rotatable bonds is 6. The zero-order valence-corrected chi connectivity index (χ0v) is 27.2. The minimum absolute atomic E-state index is 0.0259. The van der Waals surface area contributed by atoms with Crippen LogP contribution in [0.2, 0.25) is 0 Å².